The Kier molecular flexibility index (Phi) is 6.72. The van der Waals surface area contributed by atoms with Gasteiger partial charge in [0.15, 0.2) is 0 Å². The second-order valence-corrected chi connectivity index (χ2v) is 9.81. The van der Waals surface area contributed by atoms with Gasteiger partial charge in [-0.05, 0) is 73.1 Å². The molecule has 2 nitrogen and oxygen atoms in total. The number of hydrogen-bond donors (Lipinski definition) is 2. The molecule has 1 unspecified atom stereocenters. The second-order valence-electron chi connectivity index (χ2n) is 9.81. The molecule has 0 aromatic heterocycles. The van der Waals surface area contributed by atoms with Crippen LogP contribution in [0.1, 0.15) is 56.6 Å². The molecule has 2 N–H and O–H groups in total. The van der Waals surface area contributed by atoms with Gasteiger partial charge < -0.3 is 10.6 Å². The predicted molar refractivity (Wildman–Crippen MR) is 123 cm³/mol. The molecule has 0 spiro atoms. The third-order valence-electron chi connectivity index (χ3n) is 7.90. The van der Waals surface area contributed by atoms with E-state index in [1.165, 1.54) is 36.9 Å². The van der Waals surface area contributed by atoms with E-state index in [1.807, 2.05) is 0 Å². The van der Waals surface area contributed by atoms with E-state index in [0.717, 1.165) is 43.8 Å². The van der Waals surface area contributed by atoms with Crippen LogP contribution in [0.3, 0.4) is 0 Å². The highest BCUT2D eigenvalue weighted by molar-refractivity contribution is 5.32. The molecule has 0 radical (unpaired) electrons. The third-order valence-corrected chi connectivity index (χ3v) is 7.90. The van der Waals surface area contributed by atoms with Crippen molar-refractivity contribution in [1.82, 2.24) is 10.6 Å². The van der Waals surface area contributed by atoms with Gasteiger partial charge in [-0.3, -0.25) is 0 Å². The Morgan fingerprint density at radius 2 is 1.45 bits per heavy atom. The molecule has 5 rings (SSSR count). The molecule has 29 heavy (non-hydrogen) atoms. The van der Waals surface area contributed by atoms with Crippen LogP contribution in [0.2, 0.25) is 0 Å². The second kappa shape index (κ2) is 9.45. The quantitative estimate of drug-likeness (QED) is 0.526. The molecule has 0 amide bonds. The van der Waals surface area contributed by atoms with Crippen LogP contribution in [0.5, 0.6) is 0 Å². The summed E-state index contributed by atoms with van der Waals surface area (Å²) >= 11 is 0. The first-order valence-corrected chi connectivity index (χ1v) is 11.7. The Labute approximate surface area is 177 Å². The highest BCUT2D eigenvalue weighted by Crippen LogP contribution is 2.61. The summed E-state index contributed by atoms with van der Waals surface area (Å²) in [6, 6.07) is 21.9. The van der Waals surface area contributed by atoms with Crippen LogP contribution in [0.15, 0.2) is 60.7 Å². The lowest BCUT2D eigenvalue weighted by molar-refractivity contribution is -0.103. The molecule has 0 saturated heterocycles. The smallest absolute Gasteiger partial charge is 0.0101 e. The highest BCUT2D eigenvalue weighted by atomic mass is 14.9. The van der Waals surface area contributed by atoms with Crippen molar-refractivity contribution in [3.8, 4) is 0 Å². The summed E-state index contributed by atoms with van der Waals surface area (Å²) in [6.45, 7) is 9.38. The molecule has 2 aromatic rings. The van der Waals surface area contributed by atoms with E-state index in [-0.39, 0.29) is 0 Å². The summed E-state index contributed by atoms with van der Waals surface area (Å²) in [4.78, 5) is 0. The van der Waals surface area contributed by atoms with Crippen LogP contribution in [0.25, 0.3) is 0 Å². The van der Waals surface area contributed by atoms with E-state index in [4.69, 9.17) is 0 Å². The van der Waals surface area contributed by atoms with Crippen LogP contribution in [-0.2, 0) is 0 Å². The number of rotatable bonds is 10. The van der Waals surface area contributed by atoms with Gasteiger partial charge >= 0.3 is 0 Å². The minimum absolute atomic E-state index is 0.467. The number of nitrogens with one attached hydrogen (secondary N) is 2. The van der Waals surface area contributed by atoms with Crippen molar-refractivity contribution in [3.05, 3.63) is 71.8 Å². The molecular weight excluding hydrogens is 352 g/mol. The third kappa shape index (κ3) is 4.75. The summed E-state index contributed by atoms with van der Waals surface area (Å²) in [5.74, 6) is 3.33. The van der Waals surface area contributed by atoms with Gasteiger partial charge in [0.05, 0.1) is 0 Å². The molecule has 0 aliphatic heterocycles. The molecule has 0 heterocycles. The van der Waals surface area contributed by atoms with Crippen molar-refractivity contribution in [2.45, 2.75) is 45.4 Å². The maximum absolute atomic E-state index is 3.74. The molecular formula is C27H38N2. The Hall–Kier alpha value is -1.64. The average molecular weight is 391 g/mol. The van der Waals surface area contributed by atoms with E-state index in [0.29, 0.717) is 11.3 Å². The van der Waals surface area contributed by atoms with Crippen LogP contribution in [-0.4, -0.2) is 26.2 Å². The van der Waals surface area contributed by atoms with Crippen LogP contribution >= 0.6 is 0 Å². The van der Waals surface area contributed by atoms with Crippen LogP contribution < -0.4 is 10.6 Å². The lowest BCUT2D eigenvalue weighted by atomic mass is 9.45. The maximum Gasteiger partial charge on any atom is 0.0101 e. The lowest BCUT2D eigenvalue weighted by Crippen LogP contribution is -2.54. The molecule has 3 fully saturated rings. The Balaban J connectivity index is 1.17. The van der Waals surface area contributed by atoms with E-state index < -0.39 is 0 Å². The maximum atomic E-state index is 3.74. The zero-order valence-corrected chi connectivity index (χ0v) is 18.2. The summed E-state index contributed by atoms with van der Waals surface area (Å²) < 4.78 is 0. The molecule has 3 atom stereocenters. The van der Waals surface area contributed by atoms with Crippen molar-refractivity contribution < 1.29 is 0 Å². The molecule has 156 valence electrons. The lowest BCUT2D eigenvalue weighted by Gasteiger charge is -2.60. The summed E-state index contributed by atoms with van der Waals surface area (Å²) in [5, 5.41) is 7.40. The normalized spacial score (nSPS) is 25.0. The molecule has 3 aliphatic rings. The minimum Gasteiger partial charge on any atom is -0.315 e. The van der Waals surface area contributed by atoms with Gasteiger partial charge in [-0.15, -0.1) is 0 Å². The summed E-state index contributed by atoms with van der Waals surface area (Å²) in [6.07, 6.45) is 5.51. The zero-order valence-electron chi connectivity index (χ0n) is 18.2. The van der Waals surface area contributed by atoms with E-state index in [2.05, 4.69) is 85.1 Å². The van der Waals surface area contributed by atoms with E-state index >= 15 is 0 Å². The average Bonchev–Trinajstić information content (AvgIpc) is 2.77. The van der Waals surface area contributed by atoms with Gasteiger partial charge in [-0.1, -0.05) is 74.5 Å². The van der Waals surface area contributed by atoms with E-state index in [9.17, 15) is 0 Å². The van der Waals surface area contributed by atoms with Crippen LogP contribution in [0.4, 0.5) is 0 Å². The molecule has 2 aromatic carbocycles. The Bertz CT molecular complexity index is 698. The molecule has 2 heteroatoms. The summed E-state index contributed by atoms with van der Waals surface area (Å²) in [5.41, 5.74) is 3.43. The Morgan fingerprint density at radius 1 is 0.828 bits per heavy atom. The van der Waals surface area contributed by atoms with Gasteiger partial charge in [0.1, 0.15) is 0 Å². The SMILES string of the molecule is CC1(C)[C@H]2CCC(CNCCNCCC(c3ccccc3)c3ccccc3)[C@H]1C2. The van der Waals surface area contributed by atoms with Crippen molar-refractivity contribution >= 4 is 0 Å². The van der Waals surface area contributed by atoms with E-state index in [1.54, 1.807) is 0 Å². The standard InChI is InChI=1S/C27H38N2/c1-27(2)24-14-13-23(26(27)19-24)20-29-18-17-28-16-15-25(21-9-5-3-6-10-21)22-11-7-4-8-12-22/h3-12,23-26,28-29H,13-20H2,1-2H3/t23?,24-,26+/m0/s1. The number of benzene rings is 2. The fraction of sp³-hybridized carbons (Fsp3) is 0.556. The topological polar surface area (TPSA) is 24.1 Å². The minimum atomic E-state index is 0.467. The van der Waals surface area contributed by atoms with Crippen molar-refractivity contribution in [3.63, 3.8) is 0 Å². The largest absolute Gasteiger partial charge is 0.315 e. The first kappa shape index (κ1) is 20.6. The first-order valence-electron chi connectivity index (χ1n) is 11.7. The number of hydrogen-bond acceptors (Lipinski definition) is 2. The van der Waals surface area contributed by atoms with Gasteiger partial charge in [-0.25, -0.2) is 0 Å². The van der Waals surface area contributed by atoms with Crippen molar-refractivity contribution in [2.24, 2.45) is 23.2 Å². The molecule has 3 saturated carbocycles. The van der Waals surface area contributed by atoms with Gasteiger partial charge in [0.25, 0.3) is 0 Å². The van der Waals surface area contributed by atoms with Crippen molar-refractivity contribution in [1.29, 1.82) is 0 Å². The van der Waals surface area contributed by atoms with Crippen molar-refractivity contribution in [2.75, 3.05) is 26.2 Å². The van der Waals surface area contributed by atoms with Gasteiger partial charge in [0.2, 0.25) is 0 Å². The van der Waals surface area contributed by atoms with Gasteiger partial charge in [0, 0.05) is 19.0 Å². The fourth-order valence-corrected chi connectivity index (χ4v) is 5.94. The highest BCUT2D eigenvalue weighted by Gasteiger charge is 2.53. The predicted octanol–water partition coefficient (Wildman–Crippen LogP) is 5.46. The fourth-order valence-electron chi connectivity index (χ4n) is 5.94. The number of fused-ring (bicyclic) bond motifs is 2. The molecule has 3 aliphatic carbocycles. The summed E-state index contributed by atoms with van der Waals surface area (Å²) in [7, 11) is 0. The van der Waals surface area contributed by atoms with Gasteiger partial charge in [-0.2, -0.15) is 0 Å². The first-order chi connectivity index (χ1) is 14.2. The molecule has 2 bridgehead atoms. The zero-order chi connectivity index (χ0) is 20.1. The van der Waals surface area contributed by atoms with Crippen LogP contribution in [0, 0.1) is 23.2 Å². The Morgan fingerprint density at radius 3 is 2.03 bits per heavy atom. The monoisotopic (exact) mass is 390 g/mol.